The normalized spacial score (nSPS) is 18.8. The molecule has 0 aliphatic carbocycles. The van der Waals surface area contributed by atoms with E-state index in [1.165, 1.54) is 0 Å². The van der Waals surface area contributed by atoms with E-state index in [2.05, 4.69) is 5.32 Å². The van der Waals surface area contributed by atoms with E-state index < -0.39 is 0 Å². The first kappa shape index (κ1) is 15.0. The Bertz CT molecular complexity index is 363. The summed E-state index contributed by atoms with van der Waals surface area (Å²) in [4.78, 5) is 14.3. The first-order valence-corrected chi connectivity index (χ1v) is 6.40. The van der Waals surface area contributed by atoms with Crippen LogP contribution in [0.4, 0.5) is 5.69 Å². The number of halogens is 1. The number of carbonyl (C=O) groups is 1. The molecule has 1 aromatic rings. The van der Waals surface area contributed by atoms with Gasteiger partial charge in [-0.25, -0.2) is 0 Å². The van der Waals surface area contributed by atoms with Crippen LogP contribution in [-0.4, -0.2) is 25.5 Å². The largest absolute Gasteiger partial charge is 0.316 e. The highest BCUT2D eigenvalue weighted by Gasteiger charge is 2.25. The summed E-state index contributed by atoms with van der Waals surface area (Å²) in [6.07, 6.45) is 2.11. The molecule has 0 radical (unpaired) electrons. The molecule has 4 heteroatoms. The van der Waals surface area contributed by atoms with Crippen molar-refractivity contribution < 1.29 is 4.79 Å². The molecule has 0 unspecified atom stereocenters. The third kappa shape index (κ3) is 3.47. The van der Waals surface area contributed by atoms with Gasteiger partial charge in [0.05, 0.1) is 5.92 Å². The SMILES string of the molecule is CCN(C(=O)[C@@H]1CCCNC1)c1ccccc1.Cl. The van der Waals surface area contributed by atoms with Crippen molar-refractivity contribution >= 4 is 24.0 Å². The van der Waals surface area contributed by atoms with E-state index in [4.69, 9.17) is 0 Å². The zero-order chi connectivity index (χ0) is 12.1. The molecule has 0 spiro atoms. The number of carbonyl (C=O) groups excluding carboxylic acids is 1. The van der Waals surface area contributed by atoms with Crippen molar-refractivity contribution in [2.45, 2.75) is 19.8 Å². The minimum absolute atomic E-state index is 0. The van der Waals surface area contributed by atoms with Crippen molar-refractivity contribution in [3.63, 3.8) is 0 Å². The average Bonchev–Trinajstić information content (AvgIpc) is 2.42. The summed E-state index contributed by atoms with van der Waals surface area (Å²) in [5.41, 5.74) is 1.01. The van der Waals surface area contributed by atoms with Crippen molar-refractivity contribution in [1.82, 2.24) is 5.32 Å². The number of anilines is 1. The molecule has 1 aromatic carbocycles. The van der Waals surface area contributed by atoms with E-state index in [1.807, 2.05) is 42.2 Å². The second-order valence-electron chi connectivity index (χ2n) is 4.46. The average molecular weight is 269 g/mol. The van der Waals surface area contributed by atoms with Gasteiger partial charge in [-0.2, -0.15) is 0 Å². The van der Waals surface area contributed by atoms with Gasteiger partial charge in [-0.1, -0.05) is 18.2 Å². The number of hydrogen-bond acceptors (Lipinski definition) is 2. The van der Waals surface area contributed by atoms with Gasteiger partial charge in [0.2, 0.25) is 5.91 Å². The van der Waals surface area contributed by atoms with Gasteiger partial charge in [-0.3, -0.25) is 4.79 Å². The Kier molecular flexibility index (Phi) is 6.16. The zero-order valence-corrected chi connectivity index (χ0v) is 11.6. The molecule has 3 nitrogen and oxygen atoms in total. The molecule has 1 fully saturated rings. The highest BCUT2D eigenvalue weighted by molar-refractivity contribution is 5.95. The summed E-state index contributed by atoms with van der Waals surface area (Å²) in [7, 11) is 0. The maximum absolute atomic E-state index is 12.4. The smallest absolute Gasteiger partial charge is 0.231 e. The van der Waals surface area contributed by atoms with Gasteiger partial charge in [-0.05, 0) is 38.4 Å². The molecule has 1 heterocycles. The van der Waals surface area contributed by atoms with Crippen molar-refractivity contribution in [1.29, 1.82) is 0 Å². The number of nitrogens with one attached hydrogen (secondary N) is 1. The first-order valence-electron chi connectivity index (χ1n) is 6.40. The molecule has 1 aliphatic heterocycles. The zero-order valence-electron chi connectivity index (χ0n) is 10.8. The minimum Gasteiger partial charge on any atom is -0.316 e. The van der Waals surface area contributed by atoms with Crippen LogP contribution in [0.15, 0.2) is 30.3 Å². The van der Waals surface area contributed by atoms with Gasteiger partial charge >= 0.3 is 0 Å². The fraction of sp³-hybridized carbons (Fsp3) is 0.500. The van der Waals surface area contributed by atoms with Crippen LogP contribution in [-0.2, 0) is 4.79 Å². The third-order valence-electron chi connectivity index (χ3n) is 3.30. The standard InChI is InChI=1S/C14H20N2O.ClH/c1-2-16(13-8-4-3-5-9-13)14(17)12-7-6-10-15-11-12;/h3-5,8-9,12,15H,2,6-7,10-11H2,1H3;1H/t12-;/m1./s1. The number of rotatable bonds is 3. The maximum atomic E-state index is 12.4. The van der Waals surface area contributed by atoms with Gasteiger partial charge in [0.15, 0.2) is 0 Å². The van der Waals surface area contributed by atoms with Crippen LogP contribution in [0.3, 0.4) is 0 Å². The second kappa shape index (κ2) is 7.39. The van der Waals surface area contributed by atoms with E-state index in [0.717, 1.165) is 38.2 Å². The number of para-hydroxylation sites is 1. The van der Waals surface area contributed by atoms with Crippen molar-refractivity contribution in [2.75, 3.05) is 24.5 Å². The van der Waals surface area contributed by atoms with E-state index in [9.17, 15) is 4.79 Å². The summed E-state index contributed by atoms with van der Waals surface area (Å²) >= 11 is 0. The molecule has 100 valence electrons. The van der Waals surface area contributed by atoms with Gasteiger partial charge in [0.25, 0.3) is 0 Å². The van der Waals surface area contributed by atoms with Crippen molar-refractivity contribution in [2.24, 2.45) is 5.92 Å². The van der Waals surface area contributed by atoms with Crippen molar-refractivity contribution in [3.05, 3.63) is 30.3 Å². The number of hydrogen-bond donors (Lipinski definition) is 1. The van der Waals surface area contributed by atoms with Gasteiger partial charge in [0, 0.05) is 18.8 Å². The molecule has 2 rings (SSSR count). The number of nitrogens with zero attached hydrogens (tertiary/aromatic N) is 1. The summed E-state index contributed by atoms with van der Waals surface area (Å²) in [6.45, 7) is 4.63. The number of piperidine rings is 1. The molecule has 1 amide bonds. The Balaban J connectivity index is 0.00000162. The molecule has 1 saturated heterocycles. The predicted molar refractivity (Wildman–Crippen MR) is 77.3 cm³/mol. The minimum atomic E-state index is 0. The molecule has 0 bridgehead atoms. The van der Waals surface area contributed by atoms with Crippen LogP contribution in [0.25, 0.3) is 0 Å². The fourth-order valence-corrected chi connectivity index (χ4v) is 2.36. The lowest BCUT2D eigenvalue weighted by Gasteiger charge is -2.29. The molecular formula is C14H21ClN2O. The topological polar surface area (TPSA) is 32.3 Å². The highest BCUT2D eigenvalue weighted by atomic mass is 35.5. The fourth-order valence-electron chi connectivity index (χ4n) is 2.36. The Morgan fingerprint density at radius 2 is 2.11 bits per heavy atom. The van der Waals surface area contributed by atoms with Gasteiger partial charge in [0.1, 0.15) is 0 Å². The second-order valence-corrected chi connectivity index (χ2v) is 4.46. The lowest BCUT2D eigenvalue weighted by molar-refractivity contribution is -0.122. The van der Waals surface area contributed by atoms with Crippen LogP contribution in [0.5, 0.6) is 0 Å². The van der Waals surface area contributed by atoms with E-state index in [0.29, 0.717) is 0 Å². The predicted octanol–water partition coefficient (Wildman–Crippen LogP) is 2.46. The Hall–Kier alpha value is -1.06. The van der Waals surface area contributed by atoms with Crippen LogP contribution in [0.1, 0.15) is 19.8 Å². The van der Waals surface area contributed by atoms with Gasteiger partial charge in [-0.15, -0.1) is 12.4 Å². The molecular weight excluding hydrogens is 248 g/mol. The van der Waals surface area contributed by atoms with Crippen LogP contribution >= 0.6 is 12.4 Å². The molecule has 1 N–H and O–H groups in total. The number of amides is 1. The number of benzene rings is 1. The molecule has 18 heavy (non-hydrogen) atoms. The van der Waals surface area contributed by atoms with Gasteiger partial charge < -0.3 is 10.2 Å². The van der Waals surface area contributed by atoms with Crippen LogP contribution in [0, 0.1) is 5.92 Å². The van der Waals surface area contributed by atoms with Crippen LogP contribution < -0.4 is 10.2 Å². The molecule has 1 atom stereocenters. The maximum Gasteiger partial charge on any atom is 0.231 e. The van der Waals surface area contributed by atoms with E-state index >= 15 is 0 Å². The summed E-state index contributed by atoms with van der Waals surface area (Å²) in [5.74, 6) is 0.398. The molecule has 0 saturated carbocycles. The summed E-state index contributed by atoms with van der Waals surface area (Å²) in [6, 6.07) is 9.92. The third-order valence-corrected chi connectivity index (χ3v) is 3.30. The van der Waals surface area contributed by atoms with Crippen LogP contribution in [0.2, 0.25) is 0 Å². The monoisotopic (exact) mass is 268 g/mol. The molecule has 0 aromatic heterocycles. The summed E-state index contributed by atoms with van der Waals surface area (Å²) in [5, 5.41) is 3.30. The van der Waals surface area contributed by atoms with E-state index in [-0.39, 0.29) is 24.2 Å². The lowest BCUT2D eigenvalue weighted by Crippen LogP contribution is -2.43. The van der Waals surface area contributed by atoms with E-state index in [1.54, 1.807) is 0 Å². The summed E-state index contributed by atoms with van der Waals surface area (Å²) < 4.78 is 0. The lowest BCUT2D eigenvalue weighted by atomic mass is 9.98. The highest BCUT2D eigenvalue weighted by Crippen LogP contribution is 2.19. The Labute approximate surface area is 115 Å². The quantitative estimate of drug-likeness (QED) is 0.913. The first-order chi connectivity index (χ1) is 8.33. The molecule has 1 aliphatic rings. The Morgan fingerprint density at radius 1 is 1.39 bits per heavy atom. The Morgan fingerprint density at radius 3 is 2.67 bits per heavy atom. The van der Waals surface area contributed by atoms with Crippen molar-refractivity contribution in [3.8, 4) is 0 Å².